The van der Waals surface area contributed by atoms with Crippen LogP contribution in [0.2, 0.25) is 5.02 Å². The van der Waals surface area contributed by atoms with Gasteiger partial charge in [0, 0.05) is 29.1 Å². The molecule has 202 valence electrons. The molecule has 6 rings (SSSR count). The molecule has 0 aromatic heterocycles. The normalized spacial score (nSPS) is 31.3. The van der Waals surface area contributed by atoms with Crippen molar-refractivity contribution in [3.8, 4) is 5.75 Å². The molecule has 2 heterocycles. The molecule has 0 saturated heterocycles. The molecule has 2 aliphatic heterocycles. The number of sulfonamides is 1. The van der Waals surface area contributed by atoms with Crippen molar-refractivity contribution in [2.45, 2.75) is 50.0 Å². The zero-order chi connectivity index (χ0) is 26.5. The van der Waals surface area contributed by atoms with Crippen LogP contribution in [0.4, 0.5) is 5.69 Å². The van der Waals surface area contributed by atoms with E-state index in [9.17, 15) is 18.3 Å². The van der Waals surface area contributed by atoms with Crippen LogP contribution in [-0.2, 0) is 21.9 Å². The standard InChI is InChI=1S/C29H33ClN2O5S/c30-22-8-10-24-19(14-22)4-3-12-29(24)17-32-16-21-6-9-23(21)26(33)5-1-2-13-38(35,36)31-28(34)20-7-11-27(37-18-29)25(32)15-20/h1-2,7-8,10-11,14-15,21,23,26,33H,3-6,9,12-13,16-18H2,(H,31,34)/b2-1+/t21-,23+,26+,29-/m0/s1. The molecule has 4 aliphatic rings. The highest BCUT2D eigenvalue weighted by molar-refractivity contribution is 7.90. The van der Waals surface area contributed by atoms with Gasteiger partial charge in [0.15, 0.2) is 0 Å². The lowest BCUT2D eigenvalue weighted by Gasteiger charge is -2.45. The van der Waals surface area contributed by atoms with Crippen LogP contribution in [0, 0.1) is 11.8 Å². The Bertz CT molecular complexity index is 1390. The van der Waals surface area contributed by atoms with Crippen LogP contribution in [0.15, 0.2) is 48.6 Å². The van der Waals surface area contributed by atoms with Crippen molar-refractivity contribution < 1.29 is 23.1 Å². The van der Waals surface area contributed by atoms with Gasteiger partial charge >= 0.3 is 0 Å². The Kier molecular flexibility index (Phi) is 6.69. The van der Waals surface area contributed by atoms with Gasteiger partial charge in [0.25, 0.3) is 5.91 Å². The van der Waals surface area contributed by atoms with Gasteiger partial charge in [-0.3, -0.25) is 4.79 Å². The van der Waals surface area contributed by atoms with E-state index >= 15 is 0 Å². The van der Waals surface area contributed by atoms with E-state index in [1.54, 1.807) is 24.3 Å². The van der Waals surface area contributed by atoms with E-state index in [2.05, 4.69) is 21.8 Å². The Balaban J connectivity index is 1.43. The van der Waals surface area contributed by atoms with Gasteiger partial charge in [-0.05, 0) is 91.8 Å². The number of carbonyl (C=O) groups excluding carboxylic acids is 1. The number of anilines is 1. The second kappa shape index (κ2) is 9.88. The first-order valence-electron chi connectivity index (χ1n) is 13.4. The smallest absolute Gasteiger partial charge is 0.264 e. The predicted molar refractivity (Wildman–Crippen MR) is 147 cm³/mol. The maximum absolute atomic E-state index is 13.0. The number of nitrogens with zero attached hydrogens (tertiary/aromatic N) is 1. The lowest BCUT2D eigenvalue weighted by Crippen LogP contribution is -2.49. The summed E-state index contributed by atoms with van der Waals surface area (Å²) in [6.07, 6.45) is 8.03. The average Bonchev–Trinajstić information content (AvgIpc) is 3.01. The summed E-state index contributed by atoms with van der Waals surface area (Å²) in [5, 5.41) is 11.7. The number of amides is 1. The highest BCUT2D eigenvalue weighted by Gasteiger charge is 2.44. The summed E-state index contributed by atoms with van der Waals surface area (Å²) in [7, 11) is -3.85. The van der Waals surface area contributed by atoms with Gasteiger partial charge in [-0.1, -0.05) is 29.8 Å². The number of nitrogens with one attached hydrogen (secondary N) is 1. The zero-order valence-electron chi connectivity index (χ0n) is 21.2. The van der Waals surface area contributed by atoms with E-state index in [1.807, 2.05) is 6.07 Å². The fraction of sp³-hybridized carbons (Fsp3) is 0.483. The van der Waals surface area contributed by atoms with Crippen molar-refractivity contribution >= 4 is 33.2 Å². The van der Waals surface area contributed by atoms with Gasteiger partial charge in [-0.2, -0.15) is 0 Å². The number of aliphatic hydroxyl groups excluding tert-OH is 1. The number of ether oxygens (including phenoxy) is 1. The van der Waals surface area contributed by atoms with Gasteiger partial charge in [-0.25, -0.2) is 13.1 Å². The Hall–Kier alpha value is -2.55. The number of hydrogen-bond donors (Lipinski definition) is 2. The Labute approximate surface area is 228 Å². The number of carbonyl (C=O) groups is 1. The van der Waals surface area contributed by atoms with Crippen LogP contribution in [0.5, 0.6) is 5.75 Å². The lowest BCUT2D eigenvalue weighted by molar-refractivity contribution is 0.0177. The summed E-state index contributed by atoms with van der Waals surface area (Å²) in [5.41, 5.74) is 3.34. The largest absolute Gasteiger partial charge is 0.490 e. The van der Waals surface area contributed by atoms with E-state index < -0.39 is 22.0 Å². The van der Waals surface area contributed by atoms with Gasteiger partial charge in [-0.15, -0.1) is 0 Å². The molecular weight excluding hydrogens is 524 g/mol. The molecule has 2 aromatic carbocycles. The number of rotatable bonds is 0. The second-order valence-corrected chi connectivity index (χ2v) is 13.5. The number of aliphatic hydroxyl groups is 1. The third-order valence-corrected chi connectivity index (χ3v) is 10.2. The third-order valence-electron chi connectivity index (χ3n) is 8.83. The minimum absolute atomic E-state index is 0.144. The molecule has 2 bridgehead atoms. The highest BCUT2D eigenvalue weighted by atomic mass is 35.5. The molecule has 1 saturated carbocycles. The van der Waals surface area contributed by atoms with Gasteiger partial charge in [0.05, 0.1) is 24.2 Å². The first-order valence-corrected chi connectivity index (χ1v) is 15.4. The third kappa shape index (κ3) is 4.82. The fourth-order valence-corrected chi connectivity index (χ4v) is 7.78. The lowest BCUT2D eigenvalue weighted by atomic mass is 9.68. The number of hydrogen-bond acceptors (Lipinski definition) is 6. The highest BCUT2D eigenvalue weighted by Crippen LogP contribution is 2.46. The van der Waals surface area contributed by atoms with Gasteiger partial charge in [0.1, 0.15) is 5.75 Å². The van der Waals surface area contributed by atoms with Crippen molar-refractivity contribution in [1.82, 2.24) is 4.72 Å². The van der Waals surface area contributed by atoms with Crippen LogP contribution in [0.1, 0.15) is 53.6 Å². The number of halogens is 1. The van der Waals surface area contributed by atoms with Crippen LogP contribution in [0.3, 0.4) is 0 Å². The molecule has 0 unspecified atom stereocenters. The molecule has 9 heteroatoms. The summed E-state index contributed by atoms with van der Waals surface area (Å²) in [5.74, 6) is 0.149. The van der Waals surface area contributed by atoms with E-state index in [0.29, 0.717) is 31.2 Å². The van der Waals surface area contributed by atoms with E-state index in [0.717, 1.165) is 49.4 Å². The van der Waals surface area contributed by atoms with Crippen LogP contribution < -0.4 is 14.4 Å². The molecule has 4 atom stereocenters. The van der Waals surface area contributed by atoms with Crippen LogP contribution in [-0.4, -0.2) is 51.0 Å². The van der Waals surface area contributed by atoms with Crippen LogP contribution in [0.25, 0.3) is 0 Å². The number of fused-ring (bicyclic) bond motifs is 4. The molecule has 1 fully saturated rings. The summed E-state index contributed by atoms with van der Waals surface area (Å²) >= 11 is 6.35. The molecule has 1 amide bonds. The minimum atomic E-state index is -3.85. The summed E-state index contributed by atoms with van der Waals surface area (Å²) in [4.78, 5) is 15.3. The number of aryl methyl sites for hydroxylation is 1. The molecular formula is C29H33ClN2O5S. The van der Waals surface area contributed by atoms with Crippen molar-refractivity contribution in [3.05, 3.63) is 70.3 Å². The minimum Gasteiger partial charge on any atom is -0.490 e. The quantitative estimate of drug-likeness (QED) is 0.472. The van der Waals surface area contributed by atoms with Crippen molar-refractivity contribution in [1.29, 1.82) is 0 Å². The summed E-state index contributed by atoms with van der Waals surface area (Å²) in [6.45, 7) is 1.94. The Morgan fingerprint density at radius 3 is 2.82 bits per heavy atom. The molecule has 2 aromatic rings. The average molecular weight is 557 g/mol. The molecule has 0 radical (unpaired) electrons. The molecule has 2 N–H and O–H groups in total. The second-order valence-electron chi connectivity index (χ2n) is 11.3. The van der Waals surface area contributed by atoms with Crippen molar-refractivity contribution in [3.63, 3.8) is 0 Å². The van der Waals surface area contributed by atoms with Gasteiger partial charge in [0.2, 0.25) is 10.0 Å². The van der Waals surface area contributed by atoms with Crippen molar-refractivity contribution in [2.24, 2.45) is 11.8 Å². The Morgan fingerprint density at radius 2 is 2.00 bits per heavy atom. The summed E-state index contributed by atoms with van der Waals surface area (Å²) < 4.78 is 33.7. The molecule has 1 spiro atoms. The first kappa shape index (κ1) is 25.7. The predicted octanol–water partition coefficient (Wildman–Crippen LogP) is 4.22. The Morgan fingerprint density at radius 1 is 1.13 bits per heavy atom. The summed E-state index contributed by atoms with van der Waals surface area (Å²) in [6, 6.07) is 11.3. The SMILES string of the molecule is O=C1NS(=O)(=O)C/C=C/C[C@@H](O)[C@@H]2CC[C@H]2CN2C[C@@]3(CCCc4cc(Cl)ccc43)COc3ccc1cc32. The molecule has 38 heavy (non-hydrogen) atoms. The first-order chi connectivity index (χ1) is 18.2. The molecule has 7 nitrogen and oxygen atoms in total. The van der Waals surface area contributed by atoms with Gasteiger partial charge < -0.3 is 14.7 Å². The van der Waals surface area contributed by atoms with E-state index in [-0.39, 0.29) is 22.6 Å². The zero-order valence-corrected chi connectivity index (χ0v) is 22.8. The van der Waals surface area contributed by atoms with E-state index in [1.165, 1.54) is 17.2 Å². The van der Waals surface area contributed by atoms with E-state index in [4.69, 9.17) is 16.3 Å². The maximum Gasteiger partial charge on any atom is 0.264 e. The number of benzene rings is 2. The molecule has 2 aliphatic carbocycles. The van der Waals surface area contributed by atoms with Crippen molar-refractivity contribution in [2.75, 3.05) is 30.3 Å². The topological polar surface area (TPSA) is 95.9 Å². The monoisotopic (exact) mass is 556 g/mol. The van der Waals surface area contributed by atoms with Crippen LogP contribution >= 0.6 is 11.6 Å². The maximum atomic E-state index is 13.0. The fourth-order valence-electron chi connectivity index (χ4n) is 6.71.